The summed E-state index contributed by atoms with van der Waals surface area (Å²) in [5.74, 6) is -0.514. The van der Waals surface area contributed by atoms with Gasteiger partial charge in [-0.2, -0.15) is 5.10 Å². The second kappa shape index (κ2) is 7.39. The molecule has 0 spiro atoms. The molecule has 0 aliphatic heterocycles. The van der Waals surface area contributed by atoms with Gasteiger partial charge in [0.2, 0.25) is 5.88 Å². The summed E-state index contributed by atoms with van der Waals surface area (Å²) in [7, 11) is 2.62. The molecule has 2 aromatic rings. The summed E-state index contributed by atoms with van der Waals surface area (Å²) in [6.45, 7) is 1.93. The van der Waals surface area contributed by atoms with E-state index in [4.69, 9.17) is 5.21 Å². The van der Waals surface area contributed by atoms with Gasteiger partial charge in [0.25, 0.3) is 5.56 Å². The highest BCUT2D eigenvalue weighted by Crippen LogP contribution is 2.07. The lowest BCUT2D eigenvalue weighted by molar-refractivity contribution is 0.322. The van der Waals surface area contributed by atoms with Crippen molar-refractivity contribution >= 4 is 18.1 Å². The largest absolute Gasteiger partial charge is 0.494 e. The number of aromatic hydroxyl groups is 1. The molecular formula is C16H17N5O4. The predicted octanol–water partition coefficient (Wildman–Crippen LogP) is 0.381. The van der Waals surface area contributed by atoms with E-state index in [0.29, 0.717) is 5.56 Å². The minimum Gasteiger partial charge on any atom is -0.494 e. The van der Waals surface area contributed by atoms with Crippen molar-refractivity contribution in [1.82, 2.24) is 9.13 Å². The minimum absolute atomic E-state index is 0.183. The number of aryl methyl sites for hydroxylation is 1. The summed E-state index contributed by atoms with van der Waals surface area (Å²) in [5, 5.41) is 29.3. The van der Waals surface area contributed by atoms with E-state index < -0.39 is 17.1 Å². The summed E-state index contributed by atoms with van der Waals surface area (Å²) < 4.78 is 1.77. The van der Waals surface area contributed by atoms with Gasteiger partial charge >= 0.3 is 5.69 Å². The van der Waals surface area contributed by atoms with Crippen molar-refractivity contribution in [2.24, 2.45) is 29.5 Å². The van der Waals surface area contributed by atoms with Gasteiger partial charge in [-0.25, -0.2) is 4.79 Å². The van der Waals surface area contributed by atoms with Gasteiger partial charge < -0.3 is 10.3 Å². The van der Waals surface area contributed by atoms with Crippen LogP contribution < -0.4 is 11.2 Å². The number of hydrogen-bond acceptors (Lipinski definition) is 7. The van der Waals surface area contributed by atoms with Crippen molar-refractivity contribution < 1.29 is 10.3 Å². The van der Waals surface area contributed by atoms with E-state index in [1.54, 1.807) is 12.1 Å². The molecule has 0 fully saturated rings. The molecule has 0 atom stereocenters. The van der Waals surface area contributed by atoms with Gasteiger partial charge in [-0.05, 0) is 6.92 Å². The van der Waals surface area contributed by atoms with Gasteiger partial charge in [0.05, 0.1) is 12.4 Å². The van der Waals surface area contributed by atoms with Gasteiger partial charge in [0.15, 0.2) is 0 Å². The standard InChI is InChI=1S/C16H17N5O4/c1-10-4-6-11(7-5-10)13(9-18-25)19-17-8-12-14(22)20(2)16(24)21(3)15(12)23/h4-9,22,25H,1-3H3/b17-8+,18-9+,19-13+. The fraction of sp³-hybridized carbons (Fsp3) is 0.188. The fourth-order valence-electron chi connectivity index (χ4n) is 2.06. The Morgan fingerprint density at radius 2 is 1.76 bits per heavy atom. The normalized spacial score (nSPS) is 12.4. The van der Waals surface area contributed by atoms with Crippen molar-refractivity contribution in [3.8, 4) is 5.88 Å². The van der Waals surface area contributed by atoms with E-state index in [9.17, 15) is 14.7 Å². The molecule has 2 N–H and O–H groups in total. The molecule has 1 aromatic carbocycles. The molecule has 1 heterocycles. The molecule has 0 unspecified atom stereocenters. The van der Waals surface area contributed by atoms with Crippen molar-refractivity contribution in [3.63, 3.8) is 0 Å². The fourth-order valence-corrected chi connectivity index (χ4v) is 2.06. The van der Waals surface area contributed by atoms with Crippen molar-refractivity contribution in [2.45, 2.75) is 6.92 Å². The number of rotatable bonds is 4. The molecule has 0 aliphatic rings. The highest BCUT2D eigenvalue weighted by Gasteiger charge is 2.12. The van der Waals surface area contributed by atoms with Crippen LogP contribution in [0.2, 0.25) is 0 Å². The molecule has 0 amide bonds. The Morgan fingerprint density at radius 1 is 1.12 bits per heavy atom. The number of aromatic nitrogens is 2. The molecule has 0 saturated heterocycles. The first-order chi connectivity index (χ1) is 11.9. The van der Waals surface area contributed by atoms with Crippen LogP contribution in [0.1, 0.15) is 16.7 Å². The average Bonchev–Trinajstić information content (AvgIpc) is 2.61. The van der Waals surface area contributed by atoms with Crippen LogP contribution in [0.15, 0.2) is 49.2 Å². The molecule has 0 aliphatic carbocycles. The Kier molecular flexibility index (Phi) is 5.28. The van der Waals surface area contributed by atoms with Crippen LogP contribution in [-0.4, -0.2) is 37.6 Å². The van der Waals surface area contributed by atoms with Crippen LogP contribution in [0.4, 0.5) is 0 Å². The number of hydrogen-bond donors (Lipinski definition) is 2. The maximum atomic E-state index is 12.1. The Morgan fingerprint density at radius 3 is 2.36 bits per heavy atom. The zero-order chi connectivity index (χ0) is 18.6. The highest BCUT2D eigenvalue weighted by atomic mass is 16.4. The van der Waals surface area contributed by atoms with Crippen LogP contribution in [0, 0.1) is 6.92 Å². The minimum atomic E-state index is -0.702. The van der Waals surface area contributed by atoms with Gasteiger partial charge in [-0.1, -0.05) is 35.0 Å². The molecule has 130 valence electrons. The predicted molar refractivity (Wildman–Crippen MR) is 94.2 cm³/mol. The van der Waals surface area contributed by atoms with Crippen LogP contribution >= 0.6 is 0 Å². The average molecular weight is 343 g/mol. The van der Waals surface area contributed by atoms with Crippen LogP contribution in [0.3, 0.4) is 0 Å². The van der Waals surface area contributed by atoms with E-state index >= 15 is 0 Å². The second-order valence-corrected chi connectivity index (χ2v) is 5.28. The first-order valence-corrected chi connectivity index (χ1v) is 7.21. The summed E-state index contributed by atoms with van der Waals surface area (Å²) in [4.78, 5) is 23.7. The van der Waals surface area contributed by atoms with Crippen molar-refractivity contribution in [1.29, 1.82) is 0 Å². The molecule has 9 heteroatoms. The lowest BCUT2D eigenvalue weighted by Crippen LogP contribution is -2.38. The van der Waals surface area contributed by atoms with Gasteiger partial charge in [0.1, 0.15) is 11.3 Å². The van der Waals surface area contributed by atoms with Gasteiger partial charge in [-0.15, -0.1) is 5.10 Å². The molecule has 0 bridgehead atoms. The summed E-state index contributed by atoms with van der Waals surface area (Å²) >= 11 is 0. The van der Waals surface area contributed by atoms with Crippen LogP contribution in [0.5, 0.6) is 5.88 Å². The Bertz CT molecular complexity index is 981. The van der Waals surface area contributed by atoms with E-state index in [-0.39, 0.29) is 11.3 Å². The Balaban J connectivity index is 2.47. The van der Waals surface area contributed by atoms with Gasteiger partial charge in [-0.3, -0.25) is 13.9 Å². The molecule has 25 heavy (non-hydrogen) atoms. The molecule has 0 radical (unpaired) electrons. The second-order valence-electron chi connectivity index (χ2n) is 5.28. The molecule has 2 rings (SSSR count). The van der Waals surface area contributed by atoms with Crippen molar-refractivity contribution in [2.75, 3.05) is 0 Å². The first-order valence-electron chi connectivity index (χ1n) is 7.21. The van der Waals surface area contributed by atoms with Crippen molar-refractivity contribution in [3.05, 3.63) is 61.8 Å². The zero-order valence-corrected chi connectivity index (χ0v) is 13.9. The first kappa shape index (κ1) is 17.9. The number of nitrogens with zero attached hydrogens (tertiary/aromatic N) is 5. The third-order valence-corrected chi connectivity index (χ3v) is 3.55. The maximum absolute atomic E-state index is 12.1. The molecule has 0 saturated carbocycles. The molecule has 9 nitrogen and oxygen atoms in total. The van der Waals surface area contributed by atoms with E-state index in [1.165, 1.54) is 14.1 Å². The van der Waals surface area contributed by atoms with E-state index in [1.807, 2.05) is 19.1 Å². The maximum Gasteiger partial charge on any atom is 0.333 e. The SMILES string of the molecule is Cc1ccc(C(/C=N/O)=N/N=C/c2c(O)n(C)c(=O)n(C)c2=O)cc1. The third kappa shape index (κ3) is 3.71. The third-order valence-electron chi connectivity index (χ3n) is 3.55. The zero-order valence-electron chi connectivity index (χ0n) is 13.9. The molecule has 1 aromatic heterocycles. The summed E-state index contributed by atoms with van der Waals surface area (Å²) in [6, 6.07) is 7.25. The Labute approximate surface area is 142 Å². The number of oxime groups is 1. The lowest BCUT2D eigenvalue weighted by atomic mass is 10.1. The monoisotopic (exact) mass is 343 g/mol. The van der Waals surface area contributed by atoms with Gasteiger partial charge in [0, 0.05) is 19.7 Å². The van der Waals surface area contributed by atoms with Crippen LogP contribution in [-0.2, 0) is 14.1 Å². The van der Waals surface area contributed by atoms with E-state index in [0.717, 1.165) is 27.1 Å². The highest BCUT2D eigenvalue weighted by molar-refractivity contribution is 6.38. The smallest absolute Gasteiger partial charge is 0.333 e. The van der Waals surface area contributed by atoms with E-state index in [2.05, 4.69) is 15.4 Å². The molecular weight excluding hydrogens is 326 g/mol. The summed E-state index contributed by atoms with van der Waals surface area (Å²) in [6.07, 6.45) is 2.14. The Hall–Kier alpha value is -3.49. The lowest BCUT2D eigenvalue weighted by Gasteiger charge is -2.06. The van der Waals surface area contributed by atoms with Crippen LogP contribution in [0.25, 0.3) is 0 Å². The number of benzene rings is 1. The topological polar surface area (TPSA) is 122 Å². The quantitative estimate of drug-likeness (QED) is 0.473. The summed E-state index contributed by atoms with van der Waals surface area (Å²) in [5.41, 5.74) is 0.407.